The van der Waals surface area contributed by atoms with Crippen LogP contribution in [0.4, 0.5) is 11.4 Å². The SMILES string of the molecule is CC(=O)Nc1ccc(NC(=O)CN2CCCC2)cc1. The van der Waals surface area contributed by atoms with E-state index < -0.39 is 0 Å². The van der Waals surface area contributed by atoms with Gasteiger partial charge in [0.05, 0.1) is 6.54 Å². The lowest BCUT2D eigenvalue weighted by atomic mass is 10.2. The highest BCUT2D eigenvalue weighted by molar-refractivity contribution is 5.93. The Morgan fingerprint density at radius 2 is 1.58 bits per heavy atom. The predicted octanol–water partition coefficient (Wildman–Crippen LogP) is 1.68. The highest BCUT2D eigenvalue weighted by Gasteiger charge is 2.14. The van der Waals surface area contributed by atoms with E-state index in [0.29, 0.717) is 6.54 Å². The first-order valence-electron chi connectivity index (χ1n) is 6.53. The lowest BCUT2D eigenvalue weighted by Gasteiger charge is -2.14. The summed E-state index contributed by atoms with van der Waals surface area (Å²) in [5.74, 6) is -0.0972. The minimum absolute atomic E-state index is 0.00850. The van der Waals surface area contributed by atoms with Crippen LogP contribution in [0.15, 0.2) is 24.3 Å². The van der Waals surface area contributed by atoms with Gasteiger partial charge >= 0.3 is 0 Å². The summed E-state index contributed by atoms with van der Waals surface area (Å²) in [4.78, 5) is 24.8. The van der Waals surface area contributed by atoms with Gasteiger partial charge in [-0.05, 0) is 50.2 Å². The van der Waals surface area contributed by atoms with Gasteiger partial charge in [0, 0.05) is 18.3 Å². The maximum Gasteiger partial charge on any atom is 0.238 e. The number of anilines is 2. The number of hydrogen-bond donors (Lipinski definition) is 2. The van der Waals surface area contributed by atoms with Crippen molar-refractivity contribution in [2.45, 2.75) is 19.8 Å². The Labute approximate surface area is 113 Å². The van der Waals surface area contributed by atoms with Crippen molar-refractivity contribution < 1.29 is 9.59 Å². The zero-order chi connectivity index (χ0) is 13.7. The fourth-order valence-electron chi connectivity index (χ4n) is 2.18. The largest absolute Gasteiger partial charge is 0.326 e. The van der Waals surface area contributed by atoms with Gasteiger partial charge in [-0.2, -0.15) is 0 Å². The summed E-state index contributed by atoms with van der Waals surface area (Å²) in [5, 5.41) is 5.54. The minimum Gasteiger partial charge on any atom is -0.326 e. The summed E-state index contributed by atoms with van der Waals surface area (Å²) >= 11 is 0. The Hall–Kier alpha value is -1.88. The molecular formula is C14H19N3O2. The third kappa shape index (κ3) is 4.37. The van der Waals surface area contributed by atoms with Crippen molar-refractivity contribution in [3.63, 3.8) is 0 Å². The highest BCUT2D eigenvalue weighted by Crippen LogP contribution is 2.14. The molecule has 5 nitrogen and oxygen atoms in total. The monoisotopic (exact) mass is 261 g/mol. The first-order chi connectivity index (χ1) is 9.13. The second kappa shape index (κ2) is 6.33. The zero-order valence-corrected chi connectivity index (χ0v) is 11.1. The highest BCUT2D eigenvalue weighted by atomic mass is 16.2. The van der Waals surface area contributed by atoms with E-state index >= 15 is 0 Å². The van der Waals surface area contributed by atoms with Crippen molar-refractivity contribution in [3.05, 3.63) is 24.3 Å². The van der Waals surface area contributed by atoms with E-state index in [-0.39, 0.29) is 11.8 Å². The van der Waals surface area contributed by atoms with E-state index in [1.54, 1.807) is 24.3 Å². The van der Waals surface area contributed by atoms with Gasteiger partial charge in [-0.3, -0.25) is 14.5 Å². The Bertz CT molecular complexity index is 450. The van der Waals surface area contributed by atoms with Crippen molar-refractivity contribution in [3.8, 4) is 0 Å². The van der Waals surface area contributed by atoms with Gasteiger partial charge in [0.25, 0.3) is 0 Å². The van der Waals surface area contributed by atoms with Crippen LogP contribution in [0.1, 0.15) is 19.8 Å². The molecule has 0 atom stereocenters. The van der Waals surface area contributed by atoms with Crippen molar-refractivity contribution in [2.24, 2.45) is 0 Å². The number of benzene rings is 1. The third-order valence-electron chi connectivity index (χ3n) is 3.05. The van der Waals surface area contributed by atoms with Gasteiger partial charge in [0.2, 0.25) is 11.8 Å². The lowest BCUT2D eigenvalue weighted by molar-refractivity contribution is -0.117. The predicted molar refractivity (Wildman–Crippen MR) is 75.0 cm³/mol. The summed E-state index contributed by atoms with van der Waals surface area (Å²) in [6, 6.07) is 7.11. The molecule has 0 aliphatic carbocycles. The molecule has 0 aromatic heterocycles. The smallest absolute Gasteiger partial charge is 0.238 e. The van der Waals surface area contributed by atoms with Crippen LogP contribution in [0.25, 0.3) is 0 Å². The van der Waals surface area contributed by atoms with E-state index in [2.05, 4.69) is 15.5 Å². The molecule has 2 amide bonds. The normalized spacial score (nSPS) is 15.2. The standard InChI is InChI=1S/C14H19N3O2/c1-11(18)15-12-4-6-13(7-5-12)16-14(19)10-17-8-2-3-9-17/h4-7H,2-3,8-10H2,1H3,(H,15,18)(H,16,19). The van der Waals surface area contributed by atoms with Gasteiger partial charge in [-0.15, -0.1) is 0 Å². The summed E-state index contributed by atoms with van der Waals surface area (Å²) in [7, 11) is 0. The molecule has 1 aromatic rings. The van der Waals surface area contributed by atoms with E-state index in [1.165, 1.54) is 19.8 Å². The molecule has 1 aliphatic heterocycles. The summed E-state index contributed by atoms with van der Waals surface area (Å²) in [6.07, 6.45) is 2.36. The topological polar surface area (TPSA) is 61.4 Å². The van der Waals surface area contributed by atoms with E-state index in [9.17, 15) is 9.59 Å². The van der Waals surface area contributed by atoms with Crippen LogP contribution in [0.3, 0.4) is 0 Å². The first-order valence-corrected chi connectivity index (χ1v) is 6.53. The first kappa shape index (κ1) is 13.5. The molecule has 1 saturated heterocycles. The molecular weight excluding hydrogens is 242 g/mol. The Balaban J connectivity index is 1.84. The molecule has 1 aliphatic rings. The van der Waals surface area contributed by atoms with Crippen LogP contribution >= 0.6 is 0 Å². The lowest BCUT2D eigenvalue weighted by Crippen LogP contribution is -2.30. The average Bonchev–Trinajstić information content (AvgIpc) is 2.83. The quantitative estimate of drug-likeness (QED) is 0.867. The molecule has 102 valence electrons. The molecule has 0 bridgehead atoms. The summed E-state index contributed by atoms with van der Waals surface area (Å²) in [6.45, 7) is 3.93. The molecule has 19 heavy (non-hydrogen) atoms. The molecule has 2 N–H and O–H groups in total. The van der Waals surface area contributed by atoms with Crippen LogP contribution in [0.5, 0.6) is 0 Å². The molecule has 5 heteroatoms. The van der Waals surface area contributed by atoms with Crippen molar-refractivity contribution in [1.29, 1.82) is 0 Å². The zero-order valence-electron chi connectivity index (χ0n) is 11.1. The second-order valence-electron chi connectivity index (χ2n) is 4.79. The molecule has 2 rings (SSSR count). The van der Waals surface area contributed by atoms with Crippen LogP contribution in [0.2, 0.25) is 0 Å². The van der Waals surface area contributed by atoms with Gasteiger partial charge in [-0.25, -0.2) is 0 Å². The fourth-order valence-corrected chi connectivity index (χ4v) is 2.18. The van der Waals surface area contributed by atoms with Crippen molar-refractivity contribution in [1.82, 2.24) is 4.90 Å². The molecule has 1 heterocycles. The Morgan fingerprint density at radius 3 is 2.11 bits per heavy atom. The van der Waals surface area contributed by atoms with Gasteiger partial charge in [0.1, 0.15) is 0 Å². The minimum atomic E-state index is -0.106. The summed E-state index contributed by atoms with van der Waals surface area (Å²) < 4.78 is 0. The van der Waals surface area contributed by atoms with Gasteiger partial charge < -0.3 is 10.6 Å². The van der Waals surface area contributed by atoms with Crippen molar-refractivity contribution >= 4 is 23.2 Å². The molecule has 0 saturated carbocycles. The van der Waals surface area contributed by atoms with Crippen LogP contribution in [0, 0.1) is 0 Å². The molecule has 0 unspecified atom stereocenters. The number of carbonyl (C=O) groups is 2. The van der Waals surface area contributed by atoms with Gasteiger partial charge in [0.15, 0.2) is 0 Å². The Kier molecular flexibility index (Phi) is 4.52. The van der Waals surface area contributed by atoms with E-state index in [0.717, 1.165) is 24.5 Å². The maximum absolute atomic E-state index is 11.8. The maximum atomic E-state index is 11.8. The molecule has 0 radical (unpaired) electrons. The number of carbonyl (C=O) groups excluding carboxylic acids is 2. The molecule has 1 fully saturated rings. The van der Waals surface area contributed by atoms with Gasteiger partial charge in [-0.1, -0.05) is 0 Å². The molecule has 1 aromatic carbocycles. The molecule has 0 spiro atoms. The number of nitrogens with zero attached hydrogens (tertiary/aromatic N) is 1. The second-order valence-corrected chi connectivity index (χ2v) is 4.79. The number of rotatable bonds is 4. The van der Waals surface area contributed by atoms with Crippen LogP contribution < -0.4 is 10.6 Å². The average molecular weight is 261 g/mol. The fraction of sp³-hybridized carbons (Fsp3) is 0.429. The van der Waals surface area contributed by atoms with Crippen LogP contribution in [-0.4, -0.2) is 36.3 Å². The number of likely N-dealkylation sites (tertiary alicyclic amines) is 1. The Morgan fingerprint density at radius 1 is 1.05 bits per heavy atom. The third-order valence-corrected chi connectivity index (χ3v) is 3.05. The van der Waals surface area contributed by atoms with E-state index in [4.69, 9.17) is 0 Å². The van der Waals surface area contributed by atoms with Crippen LogP contribution in [-0.2, 0) is 9.59 Å². The number of nitrogens with one attached hydrogen (secondary N) is 2. The van der Waals surface area contributed by atoms with E-state index in [1.807, 2.05) is 0 Å². The number of hydrogen-bond acceptors (Lipinski definition) is 3. The van der Waals surface area contributed by atoms with Crippen molar-refractivity contribution in [2.75, 3.05) is 30.3 Å². The number of amides is 2. The summed E-state index contributed by atoms with van der Waals surface area (Å²) in [5.41, 5.74) is 1.48.